The molecule has 1 saturated heterocycles. The van der Waals surface area contributed by atoms with Crippen LogP contribution in [0.25, 0.3) is 0 Å². The largest absolute Gasteiger partial charge is 0.480 e. The molecule has 1 aromatic heterocycles. The van der Waals surface area contributed by atoms with Gasteiger partial charge in [-0.05, 0) is 19.1 Å². The minimum absolute atomic E-state index is 0.0953. The van der Waals surface area contributed by atoms with E-state index in [-0.39, 0.29) is 12.0 Å². The number of carbonyl (C=O) groups excluding carboxylic acids is 1. The van der Waals surface area contributed by atoms with Gasteiger partial charge in [0, 0.05) is 12.2 Å². The highest BCUT2D eigenvalue weighted by Crippen LogP contribution is 2.15. The fourth-order valence-corrected chi connectivity index (χ4v) is 1.82. The third-order valence-corrected chi connectivity index (χ3v) is 2.81. The SMILES string of the molecule is COc1nc(C)ccc1C(=O)NCC1COCCO1. The second-order valence-electron chi connectivity index (χ2n) is 4.29. The molecule has 1 amide bonds. The van der Waals surface area contributed by atoms with Crippen molar-refractivity contribution in [3.8, 4) is 5.88 Å². The predicted molar refractivity (Wildman–Crippen MR) is 68.4 cm³/mol. The van der Waals surface area contributed by atoms with E-state index >= 15 is 0 Å². The van der Waals surface area contributed by atoms with Crippen LogP contribution in [0.4, 0.5) is 0 Å². The first-order chi connectivity index (χ1) is 9.20. The van der Waals surface area contributed by atoms with Crippen LogP contribution in [0.5, 0.6) is 5.88 Å². The Morgan fingerprint density at radius 2 is 2.37 bits per heavy atom. The molecule has 1 N–H and O–H groups in total. The highest BCUT2D eigenvalue weighted by Gasteiger charge is 2.18. The Balaban J connectivity index is 1.95. The van der Waals surface area contributed by atoms with E-state index in [4.69, 9.17) is 14.2 Å². The normalized spacial score (nSPS) is 18.9. The van der Waals surface area contributed by atoms with Crippen molar-refractivity contribution in [1.29, 1.82) is 0 Å². The van der Waals surface area contributed by atoms with Crippen LogP contribution in [0.2, 0.25) is 0 Å². The molecule has 0 aromatic carbocycles. The number of carbonyl (C=O) groups is 1. The van der Waals surface area contributed by atoms with Crippen LogP contribution in [0, 0.1) is 6.92 Å². The van der Waals surface area contributed by atoms with Crippen LogP contribution in [0.1, 0.15) is 16.1 Å². The summed E-state index contributed by atoms with van der Waals surface area (Å²) >= 11 is 0. The van der Waals surface area contributed by atoms with Crippen molar-refractivity contribution in [3.63, 3.8) is 0 Å². The van der Waals surface area contributed by atoms with Gasteiger partial charge in [-0.1, -0.05) is 0 Å². The molecule has 6 nitrogen and oxygen atoms in total. The molecule has 1 aliphatic rings. The summed E-state index contributed by atoms with van der Waals surface area (Å²) < 4.78 is 15.8. The number of pyridine rings is 1. The second-order valence-corrected chi connectivity index (χ2v) is 4.29. The quantitative estimate of drug-likeness (QED) is 0.861. The summed E-state index contributed by atoms with van der Waals surface area (Å²) in [6.45, 7) is 3.94. The van der Waals surface area contributed by atoms with E-state index in [2.05, 4.69) is 10.3 Å². The van der Waals surface area contributed by atoms with E-state index in [0.717, 1.165) is 5.69 Å². The number of ether oxygens (including phenoxy) is 3. The van der Waals surface area contributed by atoms with E-state index in [9.17, 15) is 4.79 Å². The van der Waals surface area contributed by atoms with E-state index in [0.29, 0.717) is 37.8 Å². The molecule has 0 aliphatic carbocycles. The lowest BCUT2D eigenvalue weighted by Crippen LogP contribution is -2.39. The van der Waals surface area contributed by atoms with Gasteiger partial charge in [-0.2, -0.15) is 0 Å². The van der Waals surface area contributed by atoms with Crippen molar-refractivity contribution >= 4 is 5.91 Å². The Kier molecular flexibility index (Phi) is 4.70. The average molecular weight is 266 g/mol. The monoisotopic (exact) mass is 266 g/mol. The molecular formula is C13H18N2O4. The Bertz CT molecular complexity index is 444. The van der Waals surface area contributed by atoms with Gasteiger partial charge in [0.15, 0.2) is 0 Å². The fraction of sp³-hybridized carbons (Fsp3) is 0.538. The zero-order valence-corrected chi connectivity index (χ0v) is 11.1. The Labute approximate surface area is 112 Å². The molecule has 1 atom stereocenters. The van der Waals surface area contributed by atoms with Crippen LogP contribution < -0.4 is 10.1 Å². The number of methoxy groups -OCH3 is 1. The predicted octanol–water partition coefficient (Wildman–Crippen LogP) is 0.544. The van der Waals surface area contributed by atoms with Crippen molar-refractivity contribution < 1.29 is 19.0 Å². The zero-order chi connectivity index (χ0) is 13.7. The molecule has 2 heterocycles. The summed E-state index contributed by atoms with van der Waals surface area (Å²) in [5.74, 6) is 0.108. The summed E-state index contributed by atoms with van der Waals surface area (Å²) in [5.41, 5.74) is 1.22. The van der Waals surface area contributed by atoms with Crippen LogP contribution >= 0.6 is 0 Å². The van der Waals surface area contributed by atoms with E-state index in [1.165, 1.54) is 7.11 Å². The topological polar surface area (TPSA) is 69.7 Å². The summed E-state index contributed by atoms with van der Waals surface area (Å²) in [6.07, 6.45) is -0.0953. The molecule has 19 heavy (non-hydrogen) atoms. The lowest BCUT2D eigenvalue weighted by atomic mass is 10.2. The maximum Gasteiger partial charge on any atom is 0.256 e. The number of nitrogens with zero attached hydrogens (tertiary/aromatic N) is 1. The highest BCUT2D eigenvalue weighted by atomic mass is 16.6. The van der Waals surface area contributed by atoms with Crippen LogP contribution in [0.15, 0.2) is 12.1 Å². The van der Waals surface area contributed by atoms with Crippen molar-refractivity contribution in [3.05, 3.63) is 23.4 Å². The van der Waals surface area contributed by atoms with Gasteiger partial charge in [-0.15, -0.1) is 0 Å². The van der Waals surface area contributed by atoms with Crippen LogP contribution in [0.3, 0.4) is 0 Å². The second kappa shape index (κ2) is 6.49. The molecule has 0 saturated carbocycles. The minimum Gasteiger partial charge on any atom is -0.480 e. The number of hydrogen-bond donors (Lipinski definition) is 1. The van der Waals surface area contributed by atoms with Gasteiger partial charge < -0.3 is 19.5 Å². The van der Waals surface area contributed by atoms with Crippen molar-refractivity contribution in [1.82, 2.24) is 10.3 Å². The Morgan fingerprint density at radius 3 is 3.05 bits per heavy atom. The number of aryl methyl sites for hydroxylation is 1. The average Bonchev–Trinajstić information content (AvgIpc) is 2.45. The van der Waals surface area contributed by atoms with Gasteiger partial charge in [-0.3, -0.25) is 4.79 Å². The summed E-state index contributed by atoms with van der Waals surface area (Å²) in [6, 6.07) is 3.48. The molecule has 2 rings (SSSR count). The highest BCUT2D eigenvalue weighted by molar-refractivity contribution is 5.96. The van der Waals surface area contributed by atoms with Gasteiger partial charge in [0.1, 0.15) is 5.56 Å². The molecule has 1 aromatic rings. The number of amides is 1. The number of hydrogen-bond acceptors (Lipinski definition) is 5. The molecule has 104 valence electrons. The third-order valence-electron chi connectivity index (χ3n) is 2.81. The van der Waals surface area contributed by atoms with Crippen LogP contribution in [-0.2, 0) is 9.47 Å². The lowest BCUT2D eigenvalue weighted by molar-refractivity contribution is -0.0855. The smallest absolute Gasteiger partial charge is 0.256 e. The molecule has 0 radical (unpaired) electrons. The number of aromatic nitrogens is 1. The number of nitrogens with one attached hydrogen (secondary N) is 1. The molecular weight excluding hydrogens is 248 g/mol. The third kappa shape index (κ3) is 3.65. The molecule has 1 unspecified atom stereocenters. The lowest BCUT2D eigenvalue weighted by Gasteiger charge is -2.23. The molecule has 0 spiro atoms. The maximum absolute atomic E-state index is 12.1. The maximum atomic E-state index is 12.1. The first kappa shape index (κ1) is 13.8. The standard InChI is InChI=1S/C13H18N2O4/c1-9-3-4-11(13(15-9)17-2)12(16)14-7-10-8-18-5-6-19-10/h3-4,10H,5-8H2,1-2H3,(H,14,16). The van der Waals surface area contributed by atoms with Crippen LogP contribution in [-0.4, -0.2) is 50.5 Å². The zero-order valence-electron chi connectivity index (χ0n) is 11.1. The van der Waals surface area contributed by atoms with Crippen molar-refractivity contribution in [2.75, 3.05) is 33.5 Å². The van der Waals surface area contributed by atoms with E-state index in [1.807, 2.05) is 6.92 Å². The Hall–Kier alpha value is -1.66. The van der Waals surface area contributed by atoms with E-state index < -0.39 is 0 Å². The fourth-order valence-electron chi connectivity index (χ4n) is 1.82. The molecule has 1 fully saturated rings. The number of rotatable bonds is 4. The van der Waals surface area contributed by atoms with Crippen molar-refractivity contribution in [2.45, 2.75) is 13.0 Å². The molecule has 1 aliphatic heterocycles. The first-order valence-corrected chi connectivity index (χ1v) is 6.20. The summed E-state index contributed by atoms with van der Waals surface area (Å²) in [4.78, 5) is 16.2. The van der Waals surface area contributed by atoms with Gasteiger partial charge in [-0.25, -0.2) is 4.98 Å². The van der Waals surface area contributed by atoms with Gasteiger partial charge in [0.25, 0.3) is 5.91 Å². The minimum atomic E-state index is -0.224. The van der Waals surface area contributed by atoms with Crippen molar-refractivity contribution in [2.24, 2.45) is 0 Å². The summed E-state index contributed by atoms with van der Waals surface area (Å²) in [7, 11) is 1.50. The Morgan fingerprint density at radius 1 is 1.53 bits per heavy atom. The van der Waals surface area contributed by atoms with Gasteiger partial charge in [0.05, 0.1) is 33.0 Å². The van der Waals surface area contributed by atoms with E-state index in [1.54, 1.807) is 12.1 Å². The van der Waals surface area contributed by atoms with Gasteiger partial charge in [0.2, 0.25) is 5.88 Å². The molecule has 6 heteroatoms. The summed E-state index contributed by atoms with van der Waals surface area (Å²) in [5, 5.41) is 2.80. The van der Waals surface area contributed by atoms with Gasteiger partial charge >= 0.3 is 0 Å². The molecule has 0 bridgehead atoms. The first-order valence-electron chi connectivity index (χ1n) is 6.20.